The molecule has 4 nitrogen and oxygen atoms in total. The van der Waals surface area contributed by atoms with Crippen LogP contribution in [0.4, 0.5) is 0 Å². The van der Waals surface area contributed by atoms with Crippen LogP contribution in [0.15, 0.2) is 0 Å². The summed E-state index contributed by atoms with van der Waals surface area (Å²) in [5, 5.41) is 2.83. The summed E-state index contributed by atoms with van der Waals surface area (Å²) < 4.78 is 0. The van der Waals surface area contributed by atoms with Crippen molar-refractivity contribution in [3.05, 3.63) is 0 Å². The Morgan fingerprint density at radius 1 is 1.00 bits per heavy atom. The van der Waals surface area contributed by atoms with Crippen molar-refractivity contribution in [3.8, 4) is 0 Å². The molecule has 0 aromatic carbocycles. The molecule has 1 saturated heterocycles. The maximum atomic E-state index is 11.6. The second kappa shape index (κ2) is 4.64. The lowest BCUT2D eigenvalue weighted by Crippen LogP contribution is -2.44. The first-order chi connectivity index (χ1) is 7.27. The minimum absolute atomic E-state index is 0.240. The fourth-order valence-electron chi connectivity index (χ4n) is 2.38. The molecule has 84 valence electrons. The zero-order valence-electron chi connectivity index (χ0n) is 9.00. The van der Waals surface area contributed by atoms with Crippen molar-refractivity contribution in [2.24, 2.45) is 0 Å². The van der Waals surface area contributed by atoms with Gasteiger partial charge in [0, 0.05) is 19.1 Å². The second-order valence-electron chi connectivity index (χ2n) is 4.45. The summed E-state index contributed by atoms with van der Waals surface area (Å²) in [6.07, 6.45) is 6.45. The average Bonchev–Trinajstić information content (AvgIpc) is 2.88. The highest BCUT2D eigenvalue weighted by molar-refractivity contribution is 6.35. The van der Waals surface area contributed by atoms with Gasteiger partial charge in [-0.3, -0.25) is 9.59 Å². The van der Waals surface area contributed by atoms with E-state index in [0.29, 0.717) is 0 Å². The van der Waals surface area contributed by atoms with Crippen LogP contribution in [0.1, 0.15) is 38.5 Å². The summed E-state index contributed by atoms with van der Waals surface area (Å²) in [6.45, 7) is 1.49. The fraction of sp³-hybridized carbons (Fsp3) is 0.818. The number of nitrogens with one attached hydrogen (secondary N) is 1. The monoisotopic (exact) mass is 210 g/mol. The van der Waals surface area contributed by atoms with Crippen molar-refractivity contribution >= 4 is 11.8 Å². The molecule has 2 amide bonds. The van der Waals surface area contributed by atoms with Crippen molar-refractivity contribution < 1.29 is 9.59 Å². The van der Waals surface area contributed by atoms with Gasteiger partial charge < -0.3 is 10.2 Å². The first kappa shape index (κ1) is 10.5. The number of rotatable bonds is 1. The van der Waals surface area contributed by atoms with Gasteiger partial charge in [0.05, 0.1) is 0 Å². The standard InChI is InChI=1S/C11H18N2O2/c14-10(12-9-5-1-2-6-9)11(15)13-7-3-4-8-13/h9H,1-8H2,(H,12,14). The van der Waals surface area contributed by atoms with E-state index in [9.17, 15) is 9.59 Å². The number of hydrogen-bond acceptors (Lipinski definition) is 2. The highest BCUT2D eigenvalue weighted by Crippen LogP contribution is 2.17. The van der Waals surface area contributed by atoms with Crippen LogP contribution < -0.4 is 5.32 Å². The van der Waals surface area contributed by atoms with Crippen LogP contribution in [0.5, 0.6) is 0 Å². The van der Waals surface area contributed by atoms with Crippen LogP contribution >= 0.6 is 0 Å². The predicted molar refractivity (Wildman–Crippen MR) is 56.2 cm³/mol. The van der Waals surface area contributed by atoms with Crippen LogP contribution in [0.2, 0.25) is 0 Å². The molecule has 2 fully saturated rings. The molecule has 0 radical (unpaired) electrons. The van der Waals surface area contributed by atoms with Crippen LogP contribution in [-0.2, 0) is 9.59 Å². The molecule has 0 spiro atoms. The number of hydrogen-bond donors (Lipinski definition) is 1. The lowest BCUT2D eigenvalue weighted by molar-refractivity contribution is -0.145. The molecule has 1 aliphatic carbocycles. The quantitative estimate of drug-likeness (QED) is 0.647. The third-order valence-electron chi connectivity index (χ3n) is 3.28. The molecule has 1 aliphatic heterocycles. The number of carbonyl (C=O) groups excluding carboxylic acids is 2. The van der Waals surface area contributed by atoms with Crippen LogP contribution in [0.3, 0.4) is 0 Å². The van der Waals surface area contributed by atoms with Crippen molar-refractivity contribution in [1.82, 2.24) is 10.2 Å². The SMILES string of the molecule is O=C(NC1CCCC1)C(=O)N1CCCC1. The maximum absolute atomic E-state index is 11.6. The van der Waals surface area contributed by atoms with E-state index in [1.807, 2.05) is 0 Å². The number of carbonyl (C=O) groups is 2. The van der Waals surface area contributed by atoms with Gasteiger partial charge in [-0.2, -0.15) is 0 Å². The molecule has 15 heavy (non-hydrogen) atoms. The zero-order valence-corrected chi connectivity index (χ0v) is 9.00. The molecule has 2 rings (SSSR count). The molecule has 1 heterocycles. The van der Waals surface area contributed by atoms with Gasteiger partial charge in [0.2, 0.25) is 0 Å². The Morgan fingerprint density at radius 2 is 1.60 bits per heavy atom. The third kappa shape index (κ3) is 2.49. The number of nitrogens with zero attached hydrogens (tertiary/aromatic N) is 1. The van der Waals surface area contributed by atoms with Crippen molar-refractivity contribution in [1.29, 1.82) is 0 Å². The average molecular weight is 210 g/mol. The molecule has 0 aromatic rings. The lowest BCUT2D eigenvalue weighted by Gasteiger charge is -2.17. The second-order valence-corrected chi connectivity index (χ2v) is 4.45. The third-order valence-corrected chi connectivity index (χ3v) is 3.28. The summed E-state index contributed by atoms with van der Waals surface area (Å²) in [4.78, 5) is 24.9. The van der Waals surface area contributed by atoms with E-state index < -0.39 is 5.91 Å². The largest absolute Gasteiger partial charge is 0.345 e. The lowest BCUT2D eigenvalue weighted by atomic mass is 10.2. The van der Waals surface area contributed by atoms with Gasteiger partial charge in [-0.1, -0.05) is 12.8 Å². The van der Waals surface area contributed by atoms with Gasteiger partial charge in [0.15, 0.2) is 0 Å². The van der Waals surface area contributed by atoms with Gasteiger partial charge >= 0.3 is 11.8 Å². The Bertz CT molecular complexity index is 253. The van der Waals surface area contributed by atoms with E-state index in [-0.39, 0.29) is 11.9 Å². The zero-order chi connectivity index (χ0) is 10.7. The first-order valence-electron chi connectivity index (χ1n) is 5.87. The summed E-state index contributed by atoms with van der Waals surface area (Å²) in [5.74, 6) is -0.733. The van der Waals surface area contributed by atoms with E-state index in [1.165, 1.54) is 12.8 Å². The summed E-state index contributed by atoms with van der Waals surface area (Å²) in [6, 6.07) is 0.240. The topological polar surface area (TPSA) is 49.4 Å². The van der Waals surface area contributed by atoms with Gasteiger partial charge in [0.1, 0.15) is 0 Å². The van der Waals surface area contributed by atoms with Crippen LogP contribution in [0, 0.1) is 0 Å². The Morgan fingerprint density at radius 3 is 2.20 bits per heavy atom. The smallest absolute Gasteiger partial charge is 0.311 e. The molecule has 0 bridgehead atoms. The Labute approximate surface area is 90.0 Å². The van der Waals surface area contributed by atoms with Crippen molar-refractivity contribution in [2.45, 2.75) is 44.6 Å². The van der Waals surface area contributed by atoms with E-state index in [4.69, 9.17) is 0 Å². The van der Waals surface area contributed by atoms with Crippen molar-refractivity contribution in [2.75, 3.05) is 13.1 Å². The molecule has 0 unspecified atom stereocenters. The summed E-state index contributed by atoms with van der Waals surface area (Å²) >= 11 is 0. The van der Waals surface area contributed by atoms with Gasteiger partial charge in [0.25, 0.3) is 0 Å². The molecule has 0 atom stereocenters. The maximum Gasteiger partial charge on any atom is 0.311 e. The molecular formula is C11H18N2O2. The van der Waals surface area contributed by atoms with Crippen LogP contribution in [0.25, 0.3) is 0 Å². The first-order valence-corrected chi connectivity index (χ1v) is 5.87. The highest BCUT2D eigenvalue weighted by atomic mass is 16.2. The van der Waals surface area contributed by atoms with E-state index in [0.717, 1.165) is 38.8 Å². The number of likely N-dealkylation sites (tertiary alicyclic amines) is 1. The Balaban J connectivity index is 1.81. The molecule has 1 saturated carbocycles. The molecular weight excluding hydrogens is 192 g/mol. The minimum Gasteiger partial charge on any atom is -0.345 e. The highest BCUT2D eigenvalue weighted by Gasteiger charge is 2.26. The van der Waals surface area contributed by atoms with E-state index >= 15 is 0 Å². The Hall–Kier alpha value is -1.06. The van der Waals surface area contributed by atoms with Crippen molar-refractivity contribution in [3.63, 3.8) is 0 Å². The van der Waals surface area contributed by atoms with Gasteiger partial charge in [-0.25, -0.2) is 0 Å². The normalized spacial score (nSPS) is 22.0. The van der Waals surface area contributed by atoms with Gasteiger partial charge in [-0.05, 0) is 25.7 Å². The number of amides is 2. The molecule has 0 aromatic heterocycles. The van der Waals surface area contributed by atoms with Gasteiger partial charge in [-0.15, -0.1) is 0 Å². The fourth-order valence-corrected chi connectivity index (χ4v) is 2.38. The molecule has 4 heteroatoms. The molecule has 1 N–H and O–H groups in total. The van der Waals surface area contributed by atoms with Crippen LogP contribution in [-0.4, -0.2) is 35.8 Å². The molecule has 2 aliphatic rings. The summed E-state index contributed by atoms with van der Waals surface area (Å²) in [5.41, 5.74) is 0. The predicted octanol–water partition coefficient (Wildman–Crippen LogP) is 0.668. The minimum atomic E-state index is -0.399. The summed E-state index contributed by atoms with van der Waals surface area (Å²) in [7, 11) is 0. The van der Waals surface area contributed by atoms with E-state index in [2.05, 4.69) is 5.32 Å². The van der Waals surface area contributed by atoms with E-state index in [1.54, 1.807) is 4.90 Å². The Kier molecular flexibility index (Phi) is 3.23.